The average molecular weight is 447 g/mol. The zero-order valence-electron chi connectivity index (χ0n) is 19.7. The van der Waals surface area contributed by atoms with Gasteiger partial charge in [-0.2, -0.15) is 0 Å². The van der Waals surface area contributed by atoms with Crippen LogP contribution < -0.4 is 20.1 Å². The van der Waals surface area contributed by atoms with Gasteiger partial charge in [-0.3, -0.25) is 9.59 Å². The third kappa shape index (κ3) is 7.38. The molecule has 3 aromatic carbocycles. The second kappa shape index (κ2) is 10.7. The van der Waals surface area contributed by atoms with Crippen molar-refractivity contribution >= 4 is 23.2 Å². The van der Waals surface area contributed by atoms with Gasteiger partial charge in [0, 0.05) is 11.4 Å². The highest BCUT2D eigenvalue weighted by Crippen LogP contribution is 2.21. The summed E-state index contributed by atoms with van der Waals surface area (Å²) in [6, 6.07) is 17.0. The first-order valence-corrected chi connectivity index (χ1v) is 10.8. The highest BCUT2D eigenvalue weighted by Gasteiger charge is 2.10. The lowest BCUT2D eigenvalue weighted by Crippen LogP contribution is -2.22. The molecule has 0 aliphatic rings. The van der Waals surface area contributed by atoms with Crippen LogP contribution in [0.3, 0.4) is 0 Å². The fraction of sp³-hybridized carbons (Fsp3) is 0.259. The average Bonchev–Trinajstić information content (AvgIpc) is 2.72. The van der Waals surface area contributed by atoms with E-state index >= 15 is 0 Å². The summed E-state index contributed by atoms with van der Waals surface area (Å²) in [6.45, 7) is 9.59. The van der Waals surface area contributed by atoms with Crippen molar-refractivity contribution in [3.8, 4) is 11.5 Å². The van der Waals surface area contributed by atoms with Crippen molar-refractivity contribution < 1.29 is 19.1 Å². The Morgan fingerprint density at radius 1 is 0.636 bits per heavy atom. The van der Waals surface area contributed by atoms with Gasteiger partial charge in [-0.1, -0.05) is 18.2 Å². The van der Waals surface area contributed by atoms with Gasteiger partial charge < -0.3 is 20.1 Å². The summed E-state index contributed by atoms with van der Waals surface area (Å²) in [5, 5.41) is 5.65. The number of nitrogens with one attached hydrogen (secondary N) is 2. The molecule has 3 rings (SSSR count). The van der Waals surface area contributed by atoms with Crippen LogP contribution in [0, 0.1) is 34.6 Å². The van der Waals surface area contributed by atoms with Crippen molar-refractivity contribution in [2.75, 3.05) is 23.8 Å². The molecule has 2 amide bonds. The van der Waals surface area contributed by atoms with Crippen LogP contribution in [0.2, 0.25) is 0 Å². The molecule has 6 heteroatoms. The fourth-order valence-electron chi connectivity index (χ4n) is 3.55. The molecule has 0 spiro atoms. The number of hydrogen-bond acceptors (Lipinski definition) is 4. The van der Waals surface area contributed by atoms with Crippen molar-refractivity contribution in [1.82, 2.24) is 0 Å². The highest BCUT2D eigenvalue weighted by atomic mass is 16.5. The SMILES string of the molecule is Cc1cc(C)cc(OCC(=O)Nc2ccc(C)c(NC(=O)COc3cc(C)cc(C)c3)c2)c1. The monoisotopic (exact) mass is 446 g/mol. The number of benzene rings is 3. The molecule has 0 aliphatic heterocycles. The number of carbonyl (C=O) groups excluding carboxylic acids is 2. The minimum atomic E-state index is -0.284. The summed E-state index contributed by atoms with van der Waals surface area (Å²) in [7, 11) is 0. The number of carbonyl (C=O) groups is 2. The van der Waals surface area contributed by atoms with E-state index in [9.17, 15) is 9.59 Å². The van der Waals surface area contributed by atoms with Crippen LogP contribution in [0.5, 0.6) is 11.5 Å². The van der Waals surface area contributed by atoms with Crippen LogP contribution in [-0.4, -0.2) is 25.0 Å². The van der Waals surface area contributed by atoms with Gasteiger partial charge in [0.2, 0.25) is 0 Å². The topological polar surface area (TPSA) is 76.7 Å². The number of rotatable bonds is 8. The van der Waals surface area contributed by atoms with Crippen LogP contribution in [0.25, 0.3) is 0 Å². The lowest BCUT2D eigenvalue weighted by atomic mass is 10.1. The minimum Gasteiger partial charge on any atom is -0.484 e. The van der Waals surface area contributed by atoms with E-state index in [0.717, 1.165) is 27.8 Å². The van der Waals surface area contributed by atoms with E-state index in [0.29, 0.717) is 22.9 Å². The second-order valence-electron chi connectivity index (χ2n) is 8.35. The second-order valence-corrected chi connectivity index (χ2v) is 8.35. The Labute approximate surface area is 194 Å². The predicted molar refractivity (Wildman–Crippen MR) is 131 cm³/mol. The lowest BCUT2D eigenvalue weighted by Gasteiger charge is -2.13. The van der Waals surface area contributed by atoms with Crippen molar-refractivity contribution in [2.24, 2.45) is 0 Å². The van der Waals surface area contributed by atoms with E-state index < -0.39 is 0 Å². The van der Waals surface area contributed by atoms with Crippen LogP contribution in [0.15, 0.2) is 54.6 Å². The Bertz CT molecular complexity index is 1130. The standard InChI is InChI=1S/C27H30N2O4/c1-17-8-18(2)11-23(10-17)32-15-26(30)28-22-7-6-21(5)25(14-22)29-27(31)16-33-24-12-19(3)9-20(4)13-24/h6-14H,15-16H2,1-5H3,(H,28,30)(H,29,31). The van der Waals surface area contributed by atoms with Gasteiger partial charge in [0.1, 0.15) is 11.5 Å². The van der Waals surface area contributed by atoms with E-state index in [2.05, 4.69) is 10.6 Å². The van der Waals surface area contributed by atoms with Crippen molar-refractivity contribution in [3.05, 3.63) is 82.4 Å². The van der Waals surface area contributed by atoms with Gasteiger partial charge in [0.15, 0.2) is 13.2 Å². The third-order valence-corrected chi connectivity index (χ3v) is 4.93. The summed E-state index contributed by atoms with van der Waals surface area (Å²) in [6.07, 6.45) is 0. The van der Waals surface area contributed by atoms with Crippen LogP contribution in [-0.2, 0) is 9.59 Å². The summed E-state index contributed by atoms with van der Waals surface area (Å²) < 4.78 is 11.2. The Balaban J connectivity index is 1.55. The molecular weight excluding hydrogens is 416 g/mol. The highest BCUT2D eigenvalue weighted by molar-refractivity contribution is 5.95. The van der Waals surface area contributed by atoms with Gasteiger partial charge in [-0.05, 0) is 98.8 Å². The minimum absolute atomic E-state index is 0.108. The summed E-state index contributed by atoms with van der Waals surface area (Å²) >= 11 is 0. The lowest BCUT2D eigenvalue weighted by molar-refractivity contribution is -0.118. The largest absolute Gasteiger partial charge is 0.484 e. The quantitative estimate of drug-likeness (QED) is 0.495. The summed E-state index contributed by atoms with van der Waals surface area (Å²) in [5.74, 6) is 0.750. The molecule has 33 heavy (non-hydrogen) atoms. The van der Waals surface area contributed by atoms with Crippen LogP contribution >= 0.6 is 0 Å². The molecule has 0 atom stereocenters. The zero-order chi connectivity index (χ0) is 24.0. The first kappa shape index (κ1) is 23.9. The molecule has 0 aromatic heterocycles. The Hall–Kier alpha value is -3.80. The Morgan fingerprint density at radius 2 is 1.09 bits per heavy atom. The maximum atomic E-state index is 12.4. The maximum Gasteiger partial charge on any atom is 0.262 e. The van der Waals surface area contributed by atoms with Crippen molar-refractivity contribution in [1.29, 1.82) is 0 Å². The number of amides is 2. The van der Waals surface area contributed by atoms with E-state index in [1.54, 1.807) is 12.1 Å². The molecule has 0 fully saturated rings. The molecule has 0 unspecified atom stereocenters. The molecule has 6 nitrogen and oxygen atoms in total. The fourth-order valence-corrected chi connectivity index (χ4v) is 3.55. The smallest absolute Gasteiger partial charge is 0.262 e. The molecule has 0 bridgehead atoms. The maximum absolute atomic E-state index is 12.4. The van der Waals surface area contributed by atoms with Crippen molar-refractivity contribution in [3.63, 3.8) is 0 Å². The van der Waals surface area contributed by atoms with Gasteiger partial charge in [0.05, 0.1) is 0 Å². The molecule has 0 heterocycles. The molecule has 0 saturated carbocycles. The zero-order valence-corrected chi connectivity index (χ0v) is 19.7. The third-order valence-electron chi connectivity index (χ3n) is 4.93. The van der Waals surface area contributed by atoms with Gasteiger partial charge in [0.25, 0.3) is 11.8 Å². The molecule has 2 N–H and O–H groups in total. The number of ether oxygens (including phenoxy) is 2. The normalized spacial score (nSPS) is 10.5. The molecular formula is C27H30N2O4. The molecule has 3 aromatic rings. The van der Waals surface area contributed by atoms with Crippen LogP contribution in [0.1, 0.15) is 27.8 Å². The molecule has 172 valence electrons. The van der Waals surface area contributed by atoms with Crippen molar-refractivity contribution in [2.45, 2.75) is 34.6 Å². The molecule has 0 radical (unpaired) electrons. The van der Waals surface area contributed by atoms with E-state index in [4.69, 9.17) is 9.47 Å². The van der Waals surface area contributed by atoms with Crippen LogP contribution in [0.4, 0.5) is 11.4 Å². The Kier molecular flexibility index (Phi) is 7.72. The van der Waals surface area contributed by atoms with Gasteiger partial charge >= 0.3 is 0 Å². The summed E-state index contributed by atoms with van der Waals surface area (Å²) in [4.78, 5) is 24.8. The molecule has 0 saturated heterocycles. The predicted octanol–water partition coefficient (Wildman–Crippen LogP) is 5.26. The van der Waals surface area contributed by atoms with E-state index in [-0.39, 0.29) is 25.0 Å². The molecule has 0 aliphatic carbocycles. The first-order valence-electron chi connectivity index (χ1n) is 10.8. The number of hydrogen-bond donors (Lipinski definition) is 2. The van der Waals surface area contributed by atoms with E-state index in [1.807, 2.05) is 77.1 Å². The number of anilines is 2. The number of aryl methyl sites for hydroxylation is 5. The van der Waals surface area contributed by atoms with Gasteiger partial charge in [-0.15, -0.1) is 0 Å². The first-order chi connectivity index (χ1) is 15.7. The summed E-state index contributed by atoms with van der Waals surface area (Å²) in [5.41, 5.74) is 6.35. The Morgan fingerprint density at radius 3 is 1.58 bits per heavy atom. The van der Waals surface area contributed by atoms with E-state index in [1.165, 1.54) is 0 Å². The van der Waals surface area contributed by atoms with Gasteiger partial charge in [-0.25, -0.2) is 0 Å².